The molecule has 1 saturated heterocycles. The maximum Gasteiger partial charge on any atom is 0.303 e. The van der Waals surface area contributed by atoms with E-state index in [0.717, 1.165) is 14.0 Å². The van der Waals surface area contributed by atoms with E-state index in [1.54, 1.807) is 0 Å². The number of aliphatic carboxylic acids is 1. The van der Waals surface area contributed by atoms with Gasteiger partial charge in [-0.3, -0.25) is 9.59 Å². The van der Waals surface area contributed by atoms with Crippen molar-refractivity contribution in [3.05, 3.63) is 19.2 Å². The zero-order valence-corrected chi connectivity index (χ0v) is 14.1. The van der Waals surface area contributed by atoms with Crippen LogP contribution in [0.25, 0.3) is 0 Å². The number of carboxylic acid groups (broad SMARTS) is 1. The van der Waals surface area contributed by atoms with Crippen LogP contribution in [0.15, 0.2) is 13.6 Å². The van der Waals surface area contributed by atoms with Crippen molar-refractivity contribution in [1.82, 2.24) is 4.90 Å². The van der Waals surface area contributed by atoms with E-state index < -0.39 is 5.97 Å². The molecule has 1 aromatic rings. The smallest absolute Gasteiger partial charge is 0.303 e. The molecular formula is C12H13Br2NO3S. The molecule has 19 heavy (non-hydrogen) atoms. The van der Waals surface area contributed by atoms with E-state index in [9.17, 15) is 9.59 Å². The molecule has 1 aliphatic heterocycles. The number of halogens is 2. The maximum atomic E-state index is 12.3. The Kier molecular flexibility index (Phi) is 5.03. The van der Waals surface area contributed by atoms with Gasteiger partial charge in [0.1, 0.15) is 0 Å². The van der Waals surface area contributed by atoms with Crippen LogP contribution in [0.1, 0.15) is 29.6 Å². The lowest BCUT2D eigenvalue weighted by Gasteiger charge is -2.16. The van der Waals surface area contributed by atoms with E-state index in [0.29, 0.717) is 31.0 Å². The first-order valence-corrected chi connectivity index (χ1v) is 8.33. The van der Waals surface area contributed by atoms with Gasteiger partial charge in [-0.1, -0.05) is 0 Å². The number of rotatable bonds is 4. The van der Waals surface area contributed by atoms with Crippen LogP contribution in [0.4, 0.5) is 0 Å². The number of carboxylic acids is 1. The van der Waals surface area contributed by atoms with Gasteiger partial charge in [-0.25, -0.2) is 0 Å². The largest absolute Gasteiger partial charge is 0.481 e. The van der Waals surface area contributed by atoms with Gasteiger partial charge in [0.15, 0.2) is 0 Å². The monoisotopic (exact) mass is 409 g/mol. The van der Waals surface area contributed by atoms with Gasteiger partial charge in [-0.05, 0) is 56.7 Å². The van der Waals surface area contributed by atoms with Crippen molar-refractivity contribution in [2.75, 3.05) is 13.1 Å². The Balaban J connectivity index is 1.95. The van der Waals surface area contributed by atoms with Crippen LogP contribution < -0.4 is 0 Å². The van der Waals surface area contributed by atoms with E-state index >= 15 is 0 Å². The molecule has 1 amide bonds. The average molecular weight is 411 g/mol. The second-order valence-corrected chi connectivity index (χ2v) is 8.33. The van der Waals surface area contributed by atoms with Gasteiger partial charge in [0.25, 0.3) is 5.91 Å². The molecule has 0 saturated carbocycles. The molecule has 2 rings (SSSR count). The molecule has 0 bridgehead atoms. The fraction of sp³-hybridized carbons (Fsp3) is 0.500. The molecule has 1 N–H and O–H groups in total. The molecule has 4 nitrogen and oxygen atoms in total. The molecule has 1 atom stereocenters. The van der Waals surface area contributed by atoms with Crippen molar-refractivity contribution < 1.29 is 14.7 Å². The van der Waals surface area contributed by atoms with Gasteiger partial charge < -0.3 is 10.0 Å². The lowest BCUT2D eigenvalue weighted by molar-refractivity contribution is -0.137. The molecule has 1 aliphatic rings. The Hall–Kier alpha value is -0.400. The summed E-state index contributed by atoms with van der Waals surface area (Å²) in [6.07, 6.45) is 1.72. The van der Waals surface area contributed by atoms with Crippen molar-refractivity contribution in [3.63, 3.8) is 0 Å². The highest BCUT2D eigenvalue weighted by Crippen LogP contribution is 2.33. The minimum absolute atomic E-state index is 0.0200. The maximum absolute atomic E-state index is 12.3. The zero-order chi connectivity index (χ0) is 14.0. The first-order valence-electron chi connectivity index (χ1n) is 5.93. The molecule has 0 aromatic carbocycles. The van der Waals surface area contributed by atoms with Crippen molar-refractivity contribution in [1.29, 1.82) is 0 Å². The Morgan fingerprint density at radius 3 is 2.79 bits per heavy atom. The summed E-state index contributed by atoms with van der Waals surface area (Å²) in [5, 5.41) is 8.68. The average Bonchev–Trinajstić information content (AvgIpc) is 2.92. The second-order valence-electron chi connectivity index (χ2n) is 4.58. The molecule has 2 heterocycles. The number of thiophene rings is 1. The number of carbonyl (C=O) groups excluding carboxylic acids is 1. The lowest BCUT2D eigenvalue weighted by atomic mass is 10.0. The summed E-state index contributed by atoms with van der Waals surface area (Å²) in [6, 6.07) is 1.82. The number of hydrogen-bond acceptors (Lipinski definition) is 3. The first-order chi connectivity index (χ1) is 8.97. The predicted octanol–water partition coefficient (Wildman–Crippen LogP) is 3.60. The molecule has 1 unspecified atom stereocenters. The number of carbonyl (C=O) groups is 2. The summed E-state index contributed by atoms with van der Waals surface area (Å²) in [7, 11) is 0. The number of hydrogen-bond donors (Lipinski definition) is 1. The molecule has 1 aromatic heterocycles. The number of nitrogens with zero attached hydrogens (tertiary/aromatic N) is 1. The van der Waals surface area contributed by atoms with Crippen LogP contribution in [-0.2, 0) is 4.79 Å². The van der Waals surface area contributed by atoms with Crippen molar-refractivity contribution >= 4 is 55.1 Å². The highest BCUT2D eigenvalue weighted by Gasteiger charge is 2.28. The fourth-order valence-electron chi connectivity index (χ4n) is 2.24. The van der Waals surface area contributed by atoms with Crippen LogP contribution in [0.5, 0.6) is 0 Å². The third kappa shape index (κ3) is 3.79. The summed E-state index contributed by atoms with van der Waals surface area (Å²) >= 11 is 8.24. The van der Waals surface area contributed by atoms with E-state index in [-0.39, 0.29) is 12.3 Å². The molecule has 7 heteroatoms. The van der Waals surface area contributed by atoms with E-state index in [4.69, 9.17) is 5.11 Å². The summed E-state index contributed by atoms with van der Waals surface area (Å²) in [4.78, 5) is 24.7. The van der Waals surface area contributed by atoms with Gasteiger partial charge in [0.05, 0.1) is 13.1 Å². The fourth-order valence-corrected chi connectivity index (χ4v) is 5.01. The number of likely N-dealkylation sites (tertiary alicyclic amines) is 1. The van der Waals surface area contributed by atoms with Crippen molar-refractivity contribution in [3.8, 4) is 0 Å². The number of amides is 1. The van der Waals surface area contributed by atoms with E-state index in [1.165, 1.54) is 11.3 Å². The third-order valence-electron chi connectivity index (χ3n) is 3.23. The SMILES string of the molecule is O=C(O)CCC1CCN(C(=O)c2cc(Br)sc2Br)C1. The molecular weight excluding hydrogens is 398 g/mol. The molecule has 104 valence electrons. The minimum atomic E-state index is -0.769. The first kappa shape index (κ1) is 15.0. The van der Waals surface area contributed by atoms with Crippen molar-refractivity contribution in [2.45, 2.75) is 19.3 Å². The summed E-state index contributed by atoms with van der Waals surface area (Å²) in [5.74, 6) is -0.443. The van der Waals surface area contributed by atoms with Crippen LogP contribution >= 0.6 is 43.2 Å². The lowest BCUT2D eigenvalue weighted by Crippen LogP contribution is -2.28. The van der Waals surface area contributed by atoms with Gasteiger partial charge >= 0.3 is 5.97 Å². The Bertz CT molecular complexity index is 503. The molecule has 0 spiro atoms. The van der Waals surface area contributed by atoms with Crippen LogP contribution in [0, 0.1) is 5.92 Å². The van der Waals surface area contributed by atoms with Gasteiger partial charge in [0.2, 0.25) is 0 Å². The third-order valence-corrected chi connectivity index (χ3v) is 5.57. The quantitative estimate of drug-likeness (QED) is 0.824. The van der Waals surface area contributed by atoms with Crippen LogP contribution in [0.2, 0.25) is 0 Å². The topological polar surface area (TPSA) is 57.6 Å². The van der Waals surface area contributed by atoms with E-state index in [2.05, 4.69) is 31.9 Å². The summed E-state index contributed by atoms with van der Waals surface area (Å²) in [5.41, 5.74) is 0.677. The van der Waals surface area contributed by atoms with E-state index in [1.807, 2.05) is 11.0 Å². The van der Waals surface area contributed by atoms with Gasteiger partial charge in [-0.2, -0.15) is 0 Å². The highest BCUT2D eigenvalue weighted by atomic mass is 79.9. The van der Waals surface area contributed by atoms with Crippen LogP contribution in [-0.4, -0.2) is 35.0 Å². The van der Waals surface area contributed by atoms with Crippen LogP contribution in [0.3, 0.4) is 0 Å². The standard InChI is InChI=1S/C12H13Br2NO3S/c13-9-5-8(11(14)19-9)12(18)15-4-3-7(6-15)1-2-10(16)17/h5,7H,1-4,6H2,(H,16,17). The zero-order valence-electron chi connectivity index (χ0n) is 10.1. The molecule has 0 radical (unpaired) electrons. The molecule has 0 aliphatic carbocycles. The Labute approximate surface area is 132 Å². The van der Waals surface area contributed by atoms with Gasteiger partial charge in [-0.15, -0.1) is 11.3 Å². The highest BCUT2D eigenvalue weighted by molar-refractivity contribution is 9.12. The Morgan fingerprint density at radius 1 is 1.47 bits per heavy atom. The second kappa shape index (κ2) is 6.37. The van der Waals surface area contributed by atoms with Crippen molar-refractivity contribution in [2.24, 2.45) is 5.92 Å². The molecule has 1 fully saturated rings. The summed E-state index contributed by atoms with van der Waals surface area (Å²) < 4.78 is 1.75. The summed E-state index contributed by atoms with van der Waals surface area (Å²) in [6.45, 7) is 1.37. The van der Waals surface area contributed by atoms with Gasteiger partial charge in [0, 0.05) is 19.5 Å². The Morgan fingerprint density at radius 2 is 2.21 bits per heavy atom. The minimum Gasteiger partial charge on any atom is -0.481 e. The predicted molar refractivity (Wildman–Crippen MR) is 80.6 cm³/mol. The normalized spacial score (nSPS) is 18.8.